The fraction of sp³-hybridized carbons (Fsp3) is 0. The second-order valence-electron chi connectivity index (χ2n) is 5.52. The second-order valence-corrected chi connectivity index (χ2v) is 7.23. The monoisotopic (exact) mass is 405 g/mol. The summed E-state index contributed by atoms with van der Waals surface area (Å²) >= 11 is 13.3. The van der Waals surface area contributed by atoms with Crippen LogP contribution in [0.2, 0.25) is 10.0 Å². The molecule has 2 aromatic heterocycles. The van der Waals surface area contributed by atoms with E-state index in [0.717, 1.165) is 5.56 Å². The summed E-state index contributed by atoms with van der Waals surface area (Å²) in [4.78, 5) is 17.8. The SMILES string of the molecule is O=C(Nc1cc(Cl)cc(Cl)c1)c1csc2nc(-c3ccc(F)cc3)cn12. The highest BCUT2D eigenvalue weighted by Crippen LogP contribution is 2.26. The molecule has 0 spiro atoms. The predicted molar refractivity (Wildman–Crippen MR) is 103 cm³/mol. The first-order valence-corrected chi connectivity index (χ1v) is 9.13. The van der Waals surface area contributed by atoms with Crippen LogP contribution in [0.15, 0.2) is 54.0 Å². The standard InChI is InChI=1S/C18H10Cl2FN3OS/c19-11-5-12(20)7-14(6-11)22-17(25)16-9-26-18-23-15(8-24(16)18)10-1-3-13(21)4-2-10/h1-9H,(H,22,25). The van der Waals surface area contributed by atoms with Crippen molar-refractivity contribution in [3.8, 4) is 11.3 Å². The van der Waals surface area contributed by atoms with Crippen molar-refractivity contribution in [2.75, 3.05) is 5.32 Å². The van der Waals surface area contributed by atoms with E-state index < -0.39 is 0 Å². The highest BCUT2D eigenvalue weighted by molar-refractivity contribution is 7.15. The van der Waals surface area contributed by atoms with Crippen LogP contribution in [0, 0.1) is 5.82 Å². The Bertz CT molecular complexity index is 1100. The number of nitrogens with one attached hydrogen (secondary N) is 1. The molecular formula is C18H10Cl2FN3OS. The van der Waals surface area contributed by atoms with Crippen LogP contribution in [-0.4, -0.2) is 15.3 Å². The molecule has 0 aliphatic rings. The summed E-state index contributed by atoms with van der Waals surface area (Å²) in [6.07, 6.45) is 1.75. The van der Waals surface area contributed by atoms with E-state index in [-0.39, 0.29) is 11.7 Å². The minimum atomic E-state index is -0.310. The Morgan fingerprint density at radius 3 is 2.50 bits per heavy atom. The van der Waals surface area contributed by atoms with Gasteiger partial charge in [0.05, 0.1) is 5.69 Å². The van der Waals surface area contributed by atoms with Gasteiger partial charge in [-0.3, -0.25) is 9.20 Å². The number of thiazole rings is 1. The molecule has 0 unspecified atom stereocenters. The first-order valence-electron chi connectivity index (χ1n) is 7.49. The Labute approximate surface area is 161 Å². The van der Waals surface area contributed by atoms with Crippen molar-refractivity contribution in [1.82, 2.24) is 9.38 Å². The summed E-state index contributed by atoms with van der Waals surface area (Å²) in [5, 5.41) is 5.37. The number of fused-ring (bicyclic) bond motifs is 1. The van der Waals surface area contributed by atoms with Crippen LogP contribution in [0.5, 0.6) is 0 Å². The van der Waals surface area contributed by atoms with E-state index in [4.69, 9.17) is 23.2 Å². The van der Waals surface area contributed by atoms with Crippen molar-refractivity contribution >= 4 is 51.1 Å². The maximum atomic E-state index is 13.1. The van der Waals surface area contributed by atoms with Gasteiger partial charge in [0.15, 0.2) is 4.96 Å². The van der Waals surface area contributed by atoms with Crippen LogP contribution >= 0.6 is 34.5 Å². The molecule has 0 fully saturated rings. The molecule has 0 bridgehead atoms. The number of aromatic nitrogens is 2. The molecule has 4 rings (SSSR count). The summed E-state index contributed by atoms with van der Waals surface area (Å²) in [5.74, 6) is -0.618. The van der Waals surface area contributed by atoms with Crippen molar-refractivity contribution in [2.45, 2.75) is 0 Å². The number of carbonyl (C=O) groups is 1. The topological polar surface area (TPSA) is 46.4 Å². The maximum Gasteiger partial charge on any atom is 0.273 e. The van der Waals surface area contributed by atoms with E-state index in [1.807, 2.05) is 0 Å². The van der Waals surface area contributed by atoms with Gasteiger partial charge in [-0.2, -0.15) is 0 Å². The first kappa shape index (κ1) is 17.0. The molecule has 0 saturated carbocycles. The van der Waals surface area contributed by atoms with Crippen LogP contribution in [0.4, 0.5) is 10.1 Å². The number of halogens is 3. The highest BCUT2D eigenvalue weighted by Gasteiger charge is 2.16. The third kappa shape index (κ3) is 3.31. The van der Waals surface area contributed by atoms with Gasteiger partial charge in [-0.1, -0.05) is 23.2 Å². The Morgan fingerprint density at radius 1 is 1.12 bits per heavy atom. The van der Waals surface area contributed by atoms with Crippen molar-refractivity contribution in [3.63, 3.8) is 0 Å². The molecule has 26 heavy (non-hydrogen) atoms. The molecule has 0 atom stereocenters. The van der Waals surface area contributed by atoms with Crippen LogP contribution in [-0.2, 0) is 0 Å². The molecule has 1 N–H and O–H groups in total. The molecule has 8 heteroatoms. The molecule has 0 aliphatic carbocycles. The lowest BCUT2D eigenvalue weighted by molar-refractivity contribution is 0.102. The number of carbonyl (C=O) groups excluding carboxylic acids is 1. The normalized spacial score (nSPS) is 11.0. The minimum Gasteiger partial charge on any atom is -0.321 e. The summed E-state index contributed by atoms with van der Waals surface area (Å²) in [6.45, 7) is 0. The fourth-order valence-electron chi connectivity index (χ4n) is 2.53. The minimum absolute atomic E-state index is 0.308. The number of hydrogen-bond donors (Lipinski definition) is 1. The zero-order chi connectivity index (χ0) is 18.3. The average molecular weight is 406 g/mol. The Kier molecular flexibility index (Phi) is 4.40. The van der Waals surface area contributed by atoms with Gasteiger partial charge in [-0.15, -0.1) is 11.3 Å². The molecule has 0 saturated heterocycles. The molecule has 2 aromatic carbocycles. The highest BCUT2D eigenvalue weighted by atomic mass is 35.5. The van der Waals surface area contributed by atoms with E-state index in [2.05, 4.69) is 10.3 Å². The molecule has 130 valence electrons. The quantitative estimate of drug-likeness (QED) is 0.470. The summed E-state index contributed by atoms with van der Waals surface area (Å²) in [5.41, 5.74) is 2.37. The van der Waals surface area contributed by atoms with Gasteiger partial charge in [0.2, 0.25) is 0 Å². The first-order chi connectivity index (χ1) is 12.5. The third-order valence-electron chi connectivity index (χ3n) is 3.70. The van der Waals surface area contributed by atoms with Crippen LogP contribution in [0.1, 0.15) is 10.5 Å². The number of imidazole rings is 1. The summed E-state index contributed by atoms with van der Waals surface area (Å²) in [7, 11) is 0. The second kappa shape index (κ2) is 6.72. The number of rotatable bonds is 3. The molecule has 0 aliphatic heterocycles. The van der Waals surface area contributed by atoms with E-state index in [9.17, 15) is 9.18 Å². The van der Waals surface area contributed by atoms with Gasteiger partial charge in [0.1, 0.15) is 11.5 Å². The van der Waals surface area contributed by atoms with E-state index in [1.165, 1.54) is 23.5 Å². The lowest BCUT2D eigenvalue weighted by Gasteiger charge is -2.05. The number of benzene rings is 2. The number of anilines is 1. The van der Waals surface area contributed by atoms with Gasteiger partial charge < -0.3 is 5.32 Å². The maximum absolute atomic E-state index is 13.1. The van der Waals surface area contributed by atoms with Gasteiger partial charge in [0, 0.05) is 32.9 Å². The van der Waals surface area contributed by atoms with Crippen LogP contribution in [0.3, 0.4) is 0 Å². The molecule has 1 amide bonds. The lowest BCUT2D eigenvalue weighted by atomic mass is 10.2. The zero-order valence-corrected chi connectivity index (χ0v) is 15.4. The van der Waals surface area contributed by atoms with E-state index >= 15 is 0 Å². The summed E-state index contributed by atoms with van der Waals surface area (Å²) < 4.78 is 14.8. The van der Waals surface area contributed by atoms with Crippen LogP contribution in [0.25, 0.3) is 16.2 Å². The van der Waals surface area contributed by atoms with Gasteiger partial charge >= 0.3 is 0 Å². The molecule has 4 aromatic rings. The van der Waals surface area contributed by atoms with Gasteiger partial charge in [0.25, 0.3) is 5.91 Å². The van der Waals surface area contributed by atoms with Gasteiger partial charge in [-0.05, 0) is 42.5 Å². The van der Waals surface area contributed by atoms with Crippen molar-refractivity contribution in [3.05, 3.63) is 75.6 Å². The number of nitrogens with zero attached hydrogens (tertiary/aromatic N) is 2. The molecule has 4 nitrogen and oxygen atoms in total. The van der Waals surface area contributed by atoms with Crippen molar-refractivity contribution < 1.29 is 9.18 Å². The number of hydrogen-bond acceptors (Lipinski definition) is 3. The van der Waals surface area contributed by atoms with E-state index in [0.29, 0.717) is 32.1 Å². The predicted octanol–water partition coefficient (Wildman–Crippen LogP) is 5.76. The smallest absolute Gasteiger partial charge is 0.273 e. The fourth-order valence-corrected chi connectivity index (χ4v) is 3.91. The number of amides is 1. The molecule has 0 radical (unpaired) electrons. The van der Waals surface area contributed by atoms with Gasteiger partial charge in [-0.25, -0.2) is 9.37 Å². The van der Waals surface area contributed by atoms with Crippen LogP contribution < -0.4 is 5.32 Å². The zero-order valence-electron chi connectivity index (χ0n) is 13.0. The Morgan fingerprint density at radius 2 is 1.81 bits per heavy atom. The Hall–Kier alpha value is -2.41. The largest absolute Gasteiger partial charge is 0.321 e. The van der Waals surface area contributed by atoms with Crippen molar-refractivity contribution in [1.29, 1.82) is 0 Å². The average Bonchev–Trinajstić information content (AvgIpc) is 3.14. The molecule has 2 heterocycles. The molecular weight excluding hydrogens is 396 g/mol. The van der Waals surface area contributed by atoms with Crippen molar-refractivity contribution in [2.24, 2.45) is 0 Å². The third-order valence-corrected chi connectivity index (χ3v) is 4.98. The van der Waals surface area contributed by atoms with E-state index in [1.54, 1.807) is 46.3 Å². The summed E-state index contributed by atoms with van der Waals surface area (Å²) in [6, 6.07) is 10.9. The Balaban J connectivity index is 1.66. The lowest BCUT2D eigenvalue weighted by Crippen LogP contribution is -2.13.